The largest absolute Gasteiger partial charge is 0.493 e. The number of nitriles is 1. The lowest BCUT2D eigenvalue weighted by molar-refractivity contribution is 0.306. The molecular weight excluding hydrogens is 444 g/mol. The van der Waals surface area contributed by atoms with Crippen molar-refractivity contribution < 1.29 is 31.1 Å². The van der Waals surface area contributed by atoms with Crippen LogP contribution in [-0.2, 0) is 0 Å². The van der Waals surface area contributed by atoms with Crippen molar-refractivity contribution in [1.29, 1.82) is 5.26 Å². The first-order chi connectivity index (χ1) is 15.8. The number of halogens is 6. The predicted octanol–water partition coefficient (Wildman–Crippen LogP) is 6.64. The van der Waals surface area contributed by atoms with E-state index in [4.69, 9.17) is 10.00 Å². The molecule has 0 amide bonds. The van der Waals surface area contributed by atoms with E-state index in [0.717, 1.165) is 37.1 Å². The standard InChI is InChI=1S/C25H15F6NO/c1-2-3-8-33-15-10-21(27)17(22(28)11-15)7-5-14-4-6-16(20(26)9-14)18-12-23(29)19(13-32)25(31)24(18)30/h4,6,9-12H,2-3,8H2,1H3. The molecule has 0 atom stereocenters. The Kier molecular flexibility index (Phi) is 7.30. The molecule has 0 unspecified atom stereocenters. The lowest BCUT2D eigenvalue weighted by atomic mass is 10.00. The van der Waals surface area contributed by atoms with Gasteiger partial charge in [-0.05, 0) is 24.6 Å². The molecule has 168 valence electrons. The number of unbranched alkanes of at least 4 members (excludes halogenated alkanes) is 1. The zero-order valence-electron chi connectivity index (χ0n) is 17.2. The third-order valence-electron chi connectivity index (χ3n) is 4.64. The fourth-order valence-corrected chi connectivity index (χ4v) is 2.93. The first-order valence-electron chi connectivity index (χ1n) is 9.78. The van der Waals surface area contributed by atoms with Gasteiger partial charge >= 0.3 is 0 Å². The second kappa shape index (κ2) is 10.1. The molecule has 0 aliphatic heterocycles. The van der Waals surface area contributed by atoms with Gasteiger partial charge in [-0.25, -0.2) is 26.3 Å². The van der Waals surface area contributed by atoms with E-state index in [9.17, 15) is 26.3 Å². The SMILES string of the molecule is CCCCOc1cc(F)c(C#Cc2ccc(-c3cc(F)c(C#N)c(F)c3F)c(F)c2)c(F)c1. The summed E-state index contributed by atoms with van der Waals surface area (Å²) in [6.45, 7) is 2.25. The molecule has 0 aliphatic rings. The van der Waals surface area contributed by atoms with E-state index in [1.807, 2.05) is 6.92 Å². The van der Waals surface area contributed by atoms with Crippen molar-refractivity contribution in [3.05, 3.63) is 88.0 Å². The molecule has 0 heterocycles. The summed E-state index contributed by atoms with van der Waals surface area (Å²) in [5, 5.41) is 8.69. The highest BCUT2D eigenvalue weighted by atomic mass is 19.2. The molecule has 3 aromatic rings. The van der Waals surface area contributed by atoms with Gasteiger partial charge in [-0.3, -0.25) is 0 Å². The van der Waals surface area contributed by atoms with Crippen molar-refractivity contribution in [3.8, 4) is 34.8 Å². The monoisotopic (exact) mass is 459 g/mol. The number of hydrogen-bond donors (Lipinski definition) is 0. The Hall–Kier alpha value is -3.91. The third-order valence-corrected chi connectivity index (χ3v) is 4.64. The fourth-order valence-electron chi connectivity index (χ4n) is 2.93. The van der Waals surface area contributed by atoms with Crippen LogP contribution < -0.4 is 4.74 Å². The summed E-state index contributed by atoms with van der Waals surface area (Å²) in [5.41, 5.74) is -2.90. The van der Waals surface area contributed by atoms with Crippen LogP contribution in [0.1, 0.15) is 36.5 Å². The second-order valence-electron chi connectivity index (χ2n) is 6.93. The molecule has 0 saturated carbocycles. The smallest absolute Gasteiger partial charge is 0.180 e. The maximum Gasteiger partial charge on any atom is 0.180 e. The van der Waals surface area contributed by atoms with Crippen molar-refractivity contribution in [2.45, 2.75) is 19.8 Å². The van der Waals surface area contributed by atoms with Gasteiger partial charge in [0.05, 0.1) is 12.2 Å². The van der Waals surface area contributed by atoms with Gasteiger partial charge in [0.1, 0.15) is 40.7 Å². The predicted molar refractivity (Wildman–Crippen MR) is 109 cm³/mol. The summed E-state index contributed by atoms with van der Waals surface area (Å²) in [7, 11) is 0. The van der Waals surface area contributed by atoms with Crippen molar-refractivity contribution in [3.63, 3.8) is 0 Å². The molecule has 3 rings (SSSR count). The highest BCUT2D eigenvalue weighted by Gasteiger charge is 2.21. The summed E-state index contributed by atoms with van der Waals surface area (Å²) >= 11 is 0. The van der Waals surface area contributed by atoms with Gasteiger partial charge in [-0.2, -0.15) is 5.26 Å². The molecule has 0 bridgehead atoms. The summed E-state index contributed by atoms with van der Waals surface area (Å²) in [6.07, 6.45) is 1.57. The topological polar surface area (TPSA) is 33.0 Å². The number of nitrogens with zero attached hydrogens (tertiary/aromatic N) is 1. The zero-order chi connectivity index (χ0) is 24.1. The normalized spacial score (nSPS) is 10.4. The lowest BCUT2D eigenvalue weighted by Gasteiger charge is -2.08. The maximum absolute atomic E-state index is 14.5. The maximum atomic E-state index is 14.5. The first kappa shape index (κ1) is 23.7. The van der Waals surface area contributed by atoms with Gasteiger partial charge in [0.15, 0.2) is 11.6 Å². The van der Waals surface area contributed by atoms with Crippen LogP contribution in [-0.4, -0.2) is 6.61 Å². The van der Waals surface area contributed by atoms with Gasteiger partial charge in [-0.15, -0.1) is 0 Å². The molecule has 2 nitrogen and oxygen atoms in total. The lowest BCUT2D eigenvalue weighted by Crippen LogP contribution is -2.00. The summed E-state index contributed by atoms with van der Waals surface area (Å²) in [5.74, 6) is -2.98. The molecular formula is C25H15F6NO. The van der Waals surface area contributed by atoms with Crippen LogP contribution in [0.15, 0.2) is 36.4 Å². The number of rotatable bonds is 5. The van der Waals surface area contributed by atoms with Crippen LogP contribution in [0.5, 0.6) is 5.75 Å². The average molecular weight is 459 g/mol. The minimum atomic E-state index is -1.73. The summed E-state index contributed by atoms with van der Waals surface area (Å²) in [6, 6.07) is 6.71. The van der Waals surface area contributed by atoms with Gasteiger partial charge in [0.25, 0.3) is 0 Å². The summed E-state index contributed by atoms with van der Waals surface area (Å²) < 4.78 is 90.2. The molecule has 0 saturated heterocycles. The zero-order valence-corrected chi connectivity index (χ0v) is 17.2. The Morgan fingerprint density at radius 1 is 0.758 bits per heavy atom. The fraction of sp³-hybridized carbons (Fsp3) is 0.160. The molecule has 8 heteroatoms. The van der Waals surface area contributed by atoms with Crippen LogP contribution in [0.25, 0.3) is 11.1 Å². The second-order valence-corrected chi connectivity index (χ2v) is 6.93. The Labute approximate surface area is 186 Å². The van der Waals surface area contributed by atoms with Gasteiger partial charge in [0.2, 0.25) is 0 Å². The van der Waals surface area contributed by atoms with Crippen molar-refractivity contribution >= 4 is 0 Å². The summed E-state index contributed by atoms with van der Waals surface area (Å²) in [4.78, 5) is 0. The van der Waals surface area contributed by atoms with Crippen LogP contribution >= 0.6 is 0 Å². The number of benzene rings is 3. The van der Waals surface area contributed by atoms with E-state index in [2.05, 4.69) is 11.8 Å². The Morgan fingerprint density at radius 3 is 2.03 bits per heavy atom. The molecule has 33 heavy (non-hydrogen) atoms. The highest BCUT2D eigenvalue weighted by molar-refractivity contribution is 5.67. The van der Waals surface area contributed by atoms with Crippen molar-refractivity contribution in [2.24, 2.45) is 0 Å². The van der Waals surface area contributed by atoms with Gasteiger partial charge in [0, 0.05) is 28.8 Å². The van der Waals surface area contributed by atoms with Crippen LogP contribution in [0.4, 0.5) is 26.3 Å². The van der Waals surface area contributed by atoms with E-state index >= 15 is 0 Å². The van der Waals surface area contributed by atoms with Crippen LogP contribution in [0.3, 0.4) is 0 Å². The Morgan fingerprint density at radius 2 is 1.42 bits per heavy atom. The molecule has 0 aliphatic carbocycles. The minimum Gasteiger partial charge on any atom is -0.493 e. The molecule has 3 aromatic carbocycles. The van der Waals surface area contributed by atoms with Crippen molar-refractivity contribution in [2.75, 3.05) is 6.61 Å². The first-order valence-corrected chi connectivity index (χ1v) is 9.78. The van der Waals surface area contributed by atoms with E-state index in [1.54, 1.807) is 0 Å². The van der Waals surface area contributed by atoms with E-state index in [1.165, 1.54) is 12.1 Å². The van der Waals surface area contributed by atoms with Gasteiger partial charge in [-0.1, -0.05) is 31.3 Å². The van der Waals surface area contributed by atoms with E-state index in [-0.39, 0.29) is 11.3 Å². The van der Waals surface area contributed by atoms with Gasteiger partial charge < -0.3 is 4.74 Å². The minimum absolute atomic E-state index is 0.0169. The van der Waals surface area contributed by atoms with E-state index in [0.29, 0.717) is 12.7 Å². The molecule has 0 aromatic heterocycles. The molecule has 0 radical (unpaired) electrons. The van der Waals surface area contributed by atoms with Crippen LogP contribution in [0.2, 0.25) is 0 Å². The van der Waals surface area contributed by atoms with Crippen LogP contribution in [0, 0.1) is 58.1 Å². The quantitative estimate of drug-likeness (QED) is 0.186. The molecule has 0 N–H and O–H groups in total. The number of hydrogen-bond acceptors (Lipinski definition) is 2. The molecule has 0 fully saturated rings. The van der Waals surface area contributed by atoms with E-state index < -0.39 is 57.2 Å². The average Bonchev–Trinajstić information content (AvgIpc) is 2.76. The van der Waals surface area contributed by atoms with Crippen molar-refractivity contribution in [1.82, 2.24) is 0 Å². The third kappa shape index (κ3) is 5.12. The Balaban J connectivity index is 1.91. The highest BCUT2D eigenvalue weighted by Crippen LogP contribution is 2.30. The Bertz CT molecular complexity index is 1290. The number of ether oxygens (including phenoxy) is 1. The molecule has 0 spiro atoms.